The Labute approximate surface area is 200 Å². The molecule has 1 atom stereocenters. The molecule has 174 valence electrons. The van der Waals surface area contributed by atoms with Crippen LogP contribution in [-0.2, 0) is 9.59 Å². The molecule has 0 bridgehead atoms. The number of methoxy groups -OCH3 is 2. The van der Waals surface area contributed by atoms with Crippen LogP contribution in [0.1, 0.15) is 22.7 Å². The minimum absolute atomic E-state index is 0.139. The zero-order valence-electron chi connectivity index (χ0n) is 18.6. The molecule has 1 N–H and O–H groups in total. The third kappa shape index (κ3) is 3.99. The van der Waals surface area contributed by atoms with E-state index in [9.17, 15) is 19.1 Å². The minimum Gasteiger partial charge on any atom is -0.507 e. The van der Waals surface area contributed by atoms with Crippen molar-refractivity contribution in [2.45, 2.75) is 13.0 Å². The molecule has 0 spiro atoms. The number of amides is 1. The number of aliphatic hydroxyl groups is 1. The second kappa shape index (κ2) is 9.19. The van der Waals surface area contributed by atoms with Crippen LogP contribution in [0, 0.1) is 12.7 Å². The minimum atomic E-state index is -0.986. The molecular weight excluding hydrogens is 461 g/mol. The fraction of sp³-hybridized carbons (Fsp3) is 0.154. The third-order valence-corrected chi connectivity index (χ3v) is 5.91. The van der Waals surface area contributed by atoms with Gasteiger partial charge in [-0.25, -0.2) is 4.39 Å². The molecule has 4 rings (SSSR count). The fourth-order valence-electron chi connectivity index (χ4n) is 4.06. The van der Waals surface area contributed by atoms with Gasteiger partial charge < -0.3 is 14.6 Å². The van der Waals surface area contributed by atoms with E-state index >= 15 is 0 Å². The average molecular weight is 482 g/mol. The third-order valence-electron chi connectivity index (χ3n) is 5.63. The molecule has 0 aliphatic carbocycles. The molecule has 3 aromatic carbocycles. The molecule has 0 aromatic heterocycles. The van der Waals surface area contributed by atoms with Crippen molar-refractivity contribution in [2.75, 3.05) is 19.1 Å². The van der Waals surface area contributed by atoms with Crippen molar-refractivity contribution >= 4 is 34.7 Å². The summed E-state index contributed by atoms with van der Waals surface area (Å²) in [6.07, 6.45) is 0. The van der Waals surface area contributed by atoms with E-state index in [1.807, 2.05) is 0 Å². The number of rotatable bonds is 5. The summed E-state index contributed by atoms with van der Waals surface area (Å²) < 4.78 is 24.2. The Bertz CT molecular complexity index is 1300. The van der Waals surface area contributed by atoms with Crippen LogP contribution in [-0.4, -0.2) is 31.0 Å². The maximum absolute atomic E-state index is 13.6. The molecule has 1 aliphatic rings. The zero-order valence-corrected chi connectivity index (χ0v) is 19.4. The number of aryl methyl sites for hydroxylation is 1. The summed E-state index contributed by atoms with van der Waals surface area (Å²) in [7, 11) is 2.92. The Morgan fingerprint density at radius 1 is 1.00 bits per heavy atom. The summed E-state index contributed by atoms with van der Waals surface area (Å²) in [4.78, 5) is 27.7. The Hall–Kier alpha value is -3.84. The summed E-state index contributed by atoms with van der Waals surface area (Å²) in [5, 5.41) is 11.6. The van der Waals surface area contributed by atoms with E-state index in [1.54, 1.807) is 43.3 Å². The first-order chi connectivity index (χ1) is 16.3. The fourth-order valence-corrected chi connectivity index (χ4v) is 4.41. The number of Topliss-reactive ketones (excluding diaryl/α,β-unsaturated/α-hetero) is 1. The van der Waals surface area contributed by atoms with Gasteiger partial charge in [-0.15, -0.1) is 0 Å². The van der Waals surface area contributed by atoms with E-state index in [2.05, 4.69) is 0 Å². The van der Waals surface area contributed by atoms with Crippen molar-refractivity contribution in [3.8, 4) is 11.5 Å². The molecule has 3 aromatic rings. The second-order valence-electron chi connectivity index (χ2n) is 7.75. The lowest BCUT2D eigenvalue weighted by molar-refractivity contribution is -0.132. The Kier molecular flexibility index (Phi) is 6.30. The highest BCUT2D eigenvalue weighted by Crippen LogP contribution is 2.44. The molecule has 1 heterocycles. The highest BCUT2D eigenvalue weighted by molar-refractivity contribution is 6.51. The number of halogens is 2. The first-order valence-electron chi connectivity index (χ1n) is 10.3. The number of hydrogen-bond donors (Lipinski definition) is 1. The number of nitrogens with zero attached hydrogens (tertiary/aromatic N) is 1. The molecule has 0 radical (unpaired) electrons. The van der Waals surface area contributed by atoms with Crippen molar-refractivity contribution < 1.29 is 28.6 Å². The molecule has 0 saturated carbocycles. The molecule has 6 nitrogen and oxygen atoms in total. The van der Waals surface area contributed by atoms with Gasteiger partial charge in [0.2, 0.25) is 0 Å². The maximum atomic E-state index is 13.6. The van der Waals surface area contributed by atoms with Crippen LogP contribution in [0.3, 0.4) is 0 Å². The van der Waals surface area contributed by atoms with E-state index in [0.717, 1.165) is 5.56 Å². The van der Waals surface area contributed by atoms with Gasteiger partial charge in [0.25, 0.3) is 11.7 Å². The van der Waals surface area contributed by atoms with Crippen molar-refractivity contribution in [1.82, 2.24) is 0 Å². The van der Waals surface area contributed by atoms with Gasteiger partial charge in [-0.05, 0) is 66.6 Å². The lowest BCUT2D eigenvalue weighted by Gasteiger charge is -2.25. The van der Waals surface area contributed by atoms with E-state index in [-0.39, 0.29) is 21.9 Å². The predicted octanol–water partition coefficient (Wildman–Crippen LogP) is 5.43. The number of aliphatic hydroxyl groups excluding tert-OH is 1. The van der Waals surface area contributed by atoms with Crippen LogP contribution in [0.2, 0.25) is 5.02 Å². The summed E-state index contributed by atoms with van der Waals surface area (Å²) >= 11 is 6.31. The van der Waals surface area contributed by atoms with Gasteiger partial charge in [0.15, 0.2) is 0 Å². The first-order valence-corrected chi connectivity index (χ1v) is 10.7. The quantitative estimate of drug-likeness (QED) is 0.299. The van der Waals surface area contributed by atoms with Crippen LogP contribution < -0.4 is 14.4 Å². The van der Waals surface area contributed by atoms with Crippen LogP contribution >= 0.6 is 11.6 Å². The number of ketones is 1. The smallest absolute Gasteiger partial charge is 0.300 e. The molecule has 8 heteroatoms. The Morgan fingerprint density at radius 2 is 1.65 bits per heavy atom. The molecule has 1 aliphatic heterocycles. The summed E-state index contributed by atoms with van der Waals surface area (Å²) in [6, 6.07) is 14.3. The van der Waals surface area contributed by atoms with Crippen LogP contribution in [0.4, 0.5) is 10.1 Å². The molecule has 1 fully saturated rings. The lowest BCUT2D eigenvalue weighted by Crippen LogP contribution is -2.29. The standard InChI is InChI=1S/C26H21ClFNO5/c1-14-12-19(25(34-3)20(27)13-14)23(30)21-22(15-4-10-18(33-2)11-5-15)29(26(32)24(21)31)17-8-6-16(28)7-9-17/h4-13,22,30H,1-3H3/b23-21+. The van der Waals surface area contributed by atoms with Gasteiger partial charge in [0.05, 0.1) is 36.4 Å². The van der Waals surface area contributed by atoms with Crippen LogP contribution in [0.25, 0.3) is 5.76 Å². The highest BCUT2D eigenvalue weighted by Gasteiger charge is 2.47. The van der Waals surface area contributed by atoms with Crippen molar-refractivity contribution in [1.29, 1.82) is 0 Å². The van der Waals surface area contributed by atoms with Crippen molar-refractivity contribution in [3.05, 3.63) is 93.8 Å². The molecule has 34 heavy (non-hydrogen) atoms. The van der Waals surface area contributed by atoms with Crippen LogP contribution in [0.5, 0.6) is 11.5 Å². The first kappa shape index (κ1) is 23.3. The Morgan fingerprint density at radius 3 is 2.24 bits per heavy atom. The van der Waals surface area contributed by atoms with E-state index in [1.165, 1.54) is 43.4 Å². The number of carbonyl (C=O) groups is 2. The van der Waals surface area contributed by atoms with Gasteiger partial charge in [0, 0.05) is 5.69 Å². The molecule has 1 amide bonds. The Balaban J connectivity index is 1.99. The summed E-state index contributed by atoms with van der Waals surface area (Å²) in [5.74, 6) is -1.90. The second-order valence-corrected chi connectivity index (χ2v) is 8.15. The van der Waals surface area contributed by atoms with Crippen molar-refractivity contribution in [2.24, 2.45) is 0 Å². The summed E-state index contributed by atoms with van der Waals surface area (Å²) in [6.45, 7) is 1.78. The van der Waals surface area contributed by atoms with Gasteiger partial charge in [-0.3, -0.25) is 14.5 Å². The zero-order chi connectivity index (χ0) is 24.6. The normalized spacial score (nSPS) is 17.2. The maximum Gasteiger partial charge on any atom is 0.300 e. The number of carbonyl (C=O) groups excluding carboxylic acids is 2. The highest BCUT2D eigenvalue weighted by atomic mass is 35.5. The monoisotopic (exact) mass is 481 g/mol. The number of benzene rings is 3. The van der Waals surface area contributed by atoms with E-state index in [0.29, 0.717) is 17.0 Å². The molecule has 1 unspecified atom stereocenters. The van der Waals surface area contributed by atoms with Gasteiger partial charge in [-0.1, -0.05) is 23.7 Å². The average Bonchev–Trinajstić information content (AvgIpc) is 3.09. The number of anilines is 1. The number of hydrogen-bond acceptors (Lipinski definition) is 5. The van der Waals surface area contributed by atoms with Gasteiger partial charge in [0.1, 0.15) is 23.1 Å². The lowest BCUT2D eigenvalue weighted by atomic mass is 9.94. The van der Waals surface area contributed by atoms with Crippen LogP contribution in [0.15, 0.2) is 66.2 Å². The predicted molar refractivity (Wildman–Crippen MR) is 127 cm³/mol. The summed E-state index contributed by atoms with van der Waals surface area (Å²) in [5.41, 5.74) is 1.62. The topological polar surface area (TPSA) is 76.1 Å². The number of ether oxygens (including phenoxy) is 2. The van der Waals surface area contributed by atoms with Crippen molar-refractivity contribution in [3.63, 3.8) is 0 Å². The molecule has 1 saturated heterocycles. The SMILES string of the molecule is COc1ccc(C2/C(=C(\O)c3cc(C)cc(Cl)c3OC)C(=O)C(=O)N2c2ccc(F)cc2)cc1. The van der Waals surface area contributed by atoms with Gasteiger partial charge >= 0.3 is 0 Å². The van der Waals surface area contributed by atoms with E-state index < -0.39 is 29.3 Å². The largest absolute Gasteiger partial charge is 0.507 e. The van der Waals surface area contributed by atoms with E-state index in [4.69, 9.17) is 21.1 Å². The molecular formula is C26H21ClFNO5. The van der Waals surface area contributed by atoms with Gasteiger partial charge in [-0.2, -0.15) is 0 Å².